The Labute approximate surface area is 185 Å². The van der Waals surface area contributed by atoms with E-state index in [2.05, 4.69) is 4.72 Å². The lowest BCUT2D eigenvalue weighted by molar-refractivity contribution is 0.0773. The van der Waals surface area contributed by atoms with Crippen molar-refractivity contribution in [2.24, 2.45) is 0 Å². The minimum absolute atomic E-state index is 0.0522. The Morgan fingerprint density at radius 1 is 0.938 bits per heavy atom. The second kappa shape index (κ2) is 8.84. The molecular weight excluding hydrogens is 431 g/mol. The van der Waals surface area contributed by atoms with Crippen molar-refractivity contribution < 1.29 is 22.7 Å². The van der Waals surface area contributed by atoms with Crippen LogP contribution in [0.3, 0.4) is 0 Å². The van der Waals surface area contributed by atoms with Crippen molar-refractivity contribution >= 4 is 27.2 Å². The van der Waals surface area contributed by atoms with Gasteiger partial charge in [-0.05, 0) is 78.2 Å². The number of phenolic OH excluding ortho intramolecular Hbond substituents is 1. The van der Waals surface area contributed by atoms with Gasteiger partial charge in [-0.1, -0.05) is 18.2 Å². The summed E-state index contributed by atoms with van der Waals surface area (Å²) in [6.45, 7) is 1.03. The Balaban J connectivity index is 1.41. The van der Waals surface area contributed by atoms with E-state index >= 15 is 0 Å². The van der Waals surface area contributed by atoms with Crippen molar-refractivity contribution in [3.63, 3.8) is 0 Å². The first kappa shape index (κ1) is 21.6. The number of carbonyl (C=O) groups is 1. The van der Waals surface area contributed by atoms with E-state index in [4.69, 9.17) is 0 Å². The maximum absolute atomic E-state index is 13.0. The highest BCUT2D eigenvalue weighted by Gasteiger charge is 2.20. The van der Waals surface area contributed by atoms with Crippen LogP contribution in [-0.4, -0.2) is 37.4 Å². The Morgan fingerprint density at radius 3 is 2.19 bits per heavy atom. The number of anilines is 1. The van der Waals surface area contributed by atoms with E-state index in [0.29, 0.717) is 30.8 Å². The van der Waals surface area contributed by atoms with Gasteiger partial charge in [-0.2, -0.15) is 0 Å². The molecule has 32 heavy (non-hydrogen) atoms. The van der Waals surface area contributed by atoms with E-state index in [1.807, 2.05) is 18.2 Å². The molecule has 164 valence electrons. The number of phenols is 1. The molecule has 0 saturated carbocycles. The zero-order valence-corrected chi connectivity index (χ0v) is 17.8. The van der Waals surface area contributed by atoms with Crippen LogP contribution in [0.1, 0.15) is 22.3 Å². The maximum atomic E-state index is 13.0. The van der Waals surface area contributed by atoms with Crippen molar-refractivity contribution in [1.29, 1.82) is 0 Å². The highest BCUT2D eigenvalue weighted by molar-refractivity contribution is 7.92. The number of hydrogen-bond donors (Lipinski definition) is 2. The smallest absolute Gasteiger partial charge is 0.261 e. The molecule has 0 radical (unpaired) electrons. The monoisotopic (exact) mass is 452 g/mol. The van der Waals surface area contributed by atoms with Crippen molar-refractivity contribution in [2.75, 3.05) is 17.8 Å². The summed E-state index contributed by atoms with van der Waals surface area (Å²) in [5, 5.41) is 9.42. The molecule has 0 unspecified atom stereocenters. The summed E-state index contributed by atoms with van der Waals surface area (Å²) in [5.41, 5.74) is 2.91. The van der Waals surface area contributed by atoms with Gasteiger partial charge in [-0.25, -0.2) is 12.8 Å². The summed E-state index contributed by atoms with van der Waals surface area (Å²) >= 11 is 0. The molecule has 1 aliphatic rings. The maximum Gasteiger partial charge on any atom is 0.261 e. The summed E-state index contributed by atoms with van der Waals surface area (Å²) in [6.07, 6.45) is 2.70. The Hall–Kier alpha value is -3.65. The largest absolute Gasteiger partial charge is 0.508 e. The second-order valence-electron chi connectivity index (χ2n) is 7.41. The lowest BCUT2D eigenvalue weighted by Crippen LogP contribution is -2.34. The number of aromatic hydroxyl groups is 1. The van der Waals surface area contributed by atoms with Crippen LogP contribution in [0.25, 0.3) is 5.57 Å². The number of amides is 1. The fourth-order valence-electron chi connectivity index (χ4n) is 3.48. The van der Waals surface area contributed by atoms with Crippen LogP contribution >= 0.6 is 0 Å². The van der Waals surface area contributed by atoms with Gasteiger partial charge < -0.3 is 10.0 Å². The van der Waals surface area contributed by atoms with Crippen LogP contribution in [0, 0.1) is 5.82 Å². The highest BCUT2D eigenvalue weighted by Crippen LogP contribution is 2.25. The highest BCUT2D eigenvalue weighted by atomic mass is 32.2. The van der Waals surface area contributed by atoms with Crippen LogP contribution in [0.2, 0.25) is 0 Å². The first-order valence-corrected chi connectivity index (χ1v) is 11.5. The molecule has 0 bridgehead atoms. The lowest BCUT2D eigenvalue weighted by Gasteiger charge is -2.27. The molecule has 2 N–H and O–H groups in total. The van der Waals surface area contributed by atoms with E-state index in [-0.39, 0.29) is 16.6 Å². The molecule has 0 aliphatic carbocycles. The van der Waals surface area contributed by atoms with E-state index in [1.165, 1.54) is 24.3 Å². The first-order chi connectivity index (χ1) is 15.3. The third kappa shape index (κ3) is 4.81. The van der Waals surface area contributed by atoms with Gasteiger partial charge in [0.05, 0.1) is 4.90 Å². The zero-order valence-electron chi connectivity index (χ0n) is 17.0. The summed E-state index contributed by atoms with van der Waals surface area (Å²) in [7, 11) is -3.85. The van der Waals surface area contributed by atoms with Gasteiger partial charge >= 0.3 is 0 Å². The number of nitrogens with one attached hydrogen (secondary N) is 1. The molecule has 1 heterocycles. The molecule has 0 saturated heterocycles. The fourth-order valence-corrected chi connectivity index (χ4v) is 4.54. The van der Waals surface area contributed by atoms with Crippen molar-refractivity contribution in [3.05, 3.63) is 95.8 Å². The minimum Gasteiger partial charge on any atom is -0.508 e. The number of benzene rings is 3. The molecule has 1 aliphatic heterocycles. The average molecular weight is 453 g/mol. The van der Waals surface area contributed by atoms with E-state index in [9.17, 15) is 22.7 Å². The molecule has 8 heteroatoms. The SMILES string of the molecule is O=C(c1ccc(NS(=O)(=O)c2ccc(F)cc2)cc1)N1CC=C(c2ccc(O)cc2)CC1. The third-order valence-corrected chi connectivity index (χ3v) is 6.64. The number of rotatable bonds is 5. The van der Waals surface area contributed by atoms with Crippen molar-refractivity contribution in [2.45, 2.75) is 11.3 Å². The van der Waals surface area contributed by atoms with Gasteiger partial charge in [0.2, 0.25) is 0 Å². The molecule has 0 atom stereocenters. The Kier molecular flexibility index (Phi) is 5.96. The van der Waals surface area contributed by atoms with Gasteiger partial charge in [-0.15, -0.1) is 0 Å². The molecule has 1 amide bonds. The summed E-state index contributed by atoms with van der Waals surface area (Å²) < 4.78 is 40.3. The van der Waals surface area contributed by atoms with E-state index in [1.54, 1.807) is 29.2 Å². The minimum atomic E-state index is -3.85. The van der Waals surface area contributed by atoms with Crippen LogP contribution in [0.5, 0.6) is 5.75 Å². The van der Waals surface area contributed by atoms with E-state index < -0.39 is 15.8 Å². The van der Waals surface area contributed by atoms with Crippen LogP contribution in [0.15, 0.2) is 83.8 Å². The number of halogens is 1. The summed E-state index contributed by atoms with van der Waals surface area (Å²) in [5.74, 6) is -0.445. The van der Waals surface area contributed by atoms with Gasteiger partial charge in [0.1, 0.15) is 11.6 Å². The predicted octanol–water partition coefficient (Wildman–Crippen LogP) is 4.26. The third-order valence-electron chi connectivity index (χ3n) is 5.24. The number of carbonyl (C=O) groups excluding carboxylic acids is 1. The Bertz CT molecular complexity index is 1250. The lowest BCUT2D eigenvalue weighted by atomic mass is 9.99. The standard InChI is InChI=1S/C24H21FN2O4S/c25-20-5-11-23(12-6-20)32(30,31)26-21-7-1-19(2-8-21)24(29)27-15-13-18(14-16-27)17-3-9-22(28)10-4-17/h1-13,26,28H,14-16H2. The quantitative estimate of drug-likeness (QED) is 0.606. The zero-order chi connectivity index (χ0) is 22.7. The molecule has 3 aromatic carbocycles. The van der Waals surface area contributed by atoms with Gasteiger partial charge in [-0.3, -0.25) is 9.52 Å². The number of sulfonamides is 1. The normalized spacial score (nSPS) is 14.0. The second-order valence-corrected chi connectivity index (χ2v) is 9.10. The molecule has 3 aromatic rings. The number of nitrogens with zero attached hydrogens (tertiary/aromatic N) is 1. The molecule has 4 rings (SSSR count). The molecule has 0 aromatic heterocycles. The van der Waals surface area contributed by atoms with Gasteiger partial charge in [0.25, 0.3) is 15.9 Å². The van der Waals surface area contributed by atoms with E-state index in [0.717, 1.165) is 23.3 Å². The predicted molar refractivity (Wildman–Crippen MR) is 120 cm³/mol. The topological polar surface area (TPSA) is 86.7 Å². The van der Waals surface area contributed by atoms with Gasteiger partial charge in [0, 0.05) is 24.3 Å². The average Bonchev–Trinajstić information content (AvgIpc) is 2.80. The number of hydrogen-bond acceptors (Lipinski definition) is 4. The van der Waals surface area contributed by atoms with Crippen LogP contribution in [0.4, 0.5) is 10.1 Å². The summed E-state index contributed by atoms with van der Waals surface area (Å²) in [4.78, 5) is 14.5. The first-order valence-electron chi connectivity index (χ1n) is 9.98. The molecule has 0 spiro atoms. The van der Waals surface area contributed by atoms with Crippen molar-refractivity contribution in [3.8, 4) is 5.75 Å². The van der Waals surface area contributed by atoms with Gasteiger partial charge in [0.15, 0.2) is 0 Å². The molecular formula is C24H21FN2O4S. The molecule has 0 fully saturated rings. The fraction of sp³-hybridized carbons (Fsp3) is 0.125. The van der Waals surface area contributed by atoms with Crippen molar-refractivity contribution in [1.82, 2.24) is 4.90 Å². The van der Waals surface area contributed by atoms with Crippen LogP contribution < -0.4 is 4.72 Å². The summed E-state index contributed by atoms with van der Waals surface area (Å²) in [6, 6.07) is 17.7. The Morgan fingerprint density at radius 2 is 1.59 bits per heavy atom. The molecule has 6 nitrogen and oxygen atoms in total. The van der Waals surface area contributed by atoms with Crippen LogP contribution in [-0.2, 0) is 10.0 Å².